The van der Waals surface area contributed by atoms with Crippen molar-refractivity contribution in [3.05, 3.63) is 0 Å². The number of ether oxygens (including phenoxy) is 6. The molecule has 0 amide bonds. The minimum absolute atomic E-state index is 0. The number of hydrogen-bond acceptors (Lipinski definition) is 6. The maximum Gasteiger partial charge on any atom is 0.154 e. The molecule has 1 aliphatic carbocycles. The third-order valence-corrected chi connectivity index (χ3v) is 8.23. The van der Waals surface area contributed by atoms with Crippen molar-refractivity contribution in [2.45, 2.75) is 145 Å². The van der Waals surface area contributed by atoms with Gasteiger partial charge < -0.3 is 28.4 Å². The molecule has 4 atom stereocenters. The van der Waals surface area contributed by atoms with Crippen LogP contribution >= 0.6 is 0 Å². The van der Waals surface area contributed by atoms with Crippen molar-refractivity contribution in [1.29, 1.82) is 0 Å². The second-order valence-electron chi connectivity index (χ2n) is 13.7. The predicted molar refractivity (Wildman–Crippen MR) is 168 cm³/mol. The van der Waals surface area contributed by atoms with Crippen LogP contribution in [0.1, 0.15) is 122 Å². The fourth-order valence-corrected chi connectivity index (χ4v) is 4.85. The zero-order valence-electron chi connectivity index (χ0n) is 28.1. The van der Waals surface area contributed by atoms with Gasteiger partial charge in [0.2, 0.25) is 0 Å². The molecule has 5 aliphatic rings. The van der Waals surface area contributed by atoms with Gasteiger partial charge in [-0.2, -0.15) is 0 Å². The first-order valence-corrected chi connectivity index (χ1v) is 16.6. The maximum atomic E-state index is 5.39. The zero-order chi connectivity index (χ0) is 29.9. The van der Waals surface area contributed by atoms with E-state index in [0.29, 0.717) is 24.0 Å². The Labute approximate surface area is 250 Å². The highest BCUT2D eigenvalue weighted by Gasteiger charge is 2.16. The molecule has 0 aromatic heterocycles. The summed E-state index contributed by atoms with van der Waals surface area (Å²) in [7, 11) is 0. The van der Waals surface area contributed by atoms with E-state index in [1.165, 1.54) is 51.4 Å². The molecule has 242 valence electrons. The second-order valence-corrected chi connectivity index (χ2v) is 13.7. The monoisotopic (exact) mass is 575 g/mol. The Morgan fingerprint density at radius 1 is 0.300 bits per heavy atom. The molecule has 6 nitrogen and oxygen atoms in total. The summed E-state index contributed by atoms with van der Waals surface area (Å²) in [5.74, 6) is 4.78. The molecule has 4 unspecified atom stereocenters. The first-order valence-electron chi connectivity index (χ1n) is 16.6. The standard InChI is InChI=1S/C8H16.2C7H14O.2C6H12O2.H2/c1-7-3-5-8(2)6-4-7;2*1-6-3-4-7(2)8-5-6;2*1-5-3-7-6(2)8-4-5;/h7-8H,3-6H2,1-2H3;2*6-7H,3-5H2,1-2H3;2*5-6H,3-4H2,1-2H3;1H. The molecule has 4 saturated heterocycles. The van der Waals surface area contributed by atoms with Gasteiger partial charge in [-0.25, -0.2) is 0 Å². The van der Waals surface area contributed by atoms with Crippen molar-refractivity contribution in [3.63, 3.8) is 0 Å². The van der Waals surface area contributed by atoms with Crippen molar-refractivity contribution >= 4 is 0 Å². The molecule has 4 aliphatic heterocycles. The van der Waals surface area contributed by atoms with Crippen LogP contribution in [0.15, 0.2) is 0 Å². The highest BCUT2D eigenvalue weighted by atomic mass is 16.7. The molecule has 0 radical (unpaired) electrons. The van der Waals surface area contributed by atoms with Crippen LogP contribution in [0.25, 0.3) is 0 Å². The summed E-state index contributed by atoms with van der Waals surface area (Å²) in [5, 5.41) is 0. The maximum absolute atomic E-state index is 5.39. The molecule has 5 rings (SSSR count). The lowest BCUT2D eigenvalue weighted by Gasteiger charge is -2.24. The Kier molecular flexibility index (Phi) is 21.1. The Balaban J connectivity index is 0.000000485. The lowest BCUT2D eigenvalue weighted by molar-refractivity contribution is -0.187. The molecular formula is C34H70O6. The third-order valence-electron chi connectivity index (χ3n) is 8.23. The topological polar surface area (TPSA) is 55.4 Å². The van der Waals surface area contributed by atoms with Crippen LogP contribution in [0.2, 0.25) is 0 Å². The van der Waals surface area contributed by atoms with E-state index in [0.717, 1.165) is 63.3 Å². The van der Waals surface area contributed by atoms with Crippen LogP contribution in [-0.2, 0) is 28.4 Å². The zero-order valence-corrected chi connectivity index (χ0v) is 28.1. The van der Waals surface area contributed by atoms with Crippen LogP contribution in [0.3, 0.4) is 0 Å². The van der Waals surface area contributed by atoms with Gasteiger partial charge in [-0.1, -0.05) is 67.2 Å². The largest absolute Gasteiger partial charge is 0.378 e. The van der Waals surface area contributed by atoms with Gasteiger partial charge in [-0.05, 0) is 77.0 Å². The van der Waals surface area contributed by atoms with Gasteiger partial charge in [0, 0.05) is 26.5 Å². The molecule has 6 heteroatoms. The minimum atomic E-state index is 0. The highest BCUT2D eigenvalue weighted by Crippen LogP contribution is 2.27. The van der Waals surface area contributed by atoms with Crippen molar-refractivity contribution < 1.29 is 29.8 Å². The van der Waals surface area contributed by atoms with E-state index < -0.39 is 0 Å². The average Bonchev–Trinajstić information content (AvgIpc) is 2.94. The van der Waals surface area contributed by atoms with E-state index in [4.69, 9.17) is 28.4 Å². The van der Waals surface area contributed by atoms with E-state index >= 15 is 0 Å². The molecule has 0 aromatic carbocycles. The molecule has 0 bridgehead atoms. The quantitative estimate of drug-likeness (QED) is 0.288. The summed E-state index contributed by atoms with van der Waals surface area (Å²) in [6.45, 7) is 26.9. The number of rotatable bonds is 0. The van der Waals surface area contributed by atoms with Gasteiger partial charge in [0.15, 0.2) is 12.6 Å². The Morgan fingerprint density at radius 3 is 0.750 bits per heavy atom. The Bertz CT molecular complexity index is 389. The third kappa shape index (κ3) is 20.6. The van der Waals surface area contributed by atoms with E-state index in [9.17, 15) is 0 Å². The van der Waals surface area contributed by atoms with Crippen LogP contribution in [0, 0.1) is 35.5 Å². The van der Waals surface area contributed by atoms with Gasteiger partial charge in [-0.3, -0.25) is 0 Å². The molecular weight excluding hydrogens is 504 g/mol. The van der Waals surface area contributed by atoms with Crippen molar-refractivity contribution in [3.8, 4) is 0 Å². The molecule has 40 heavy (non-hydrogen) atoms. The summed E-state index contributed by atoms with van der Waals surface area (Å²) < 4.78 is 31.5. The van der Waals surface area contributed by atoms with Crippen LogP contribution < -0.4 is 0 Å². The molecule has 0 aromatic rings. The van der Waals surface area contributed by atoms with Crippen molar-refractivity contribution in [2.24, 2.45) is 35.5 Å². The fraction of sp³-hybridized carbons (Fsp3) is 1.00. The van der Waals surface area contributed by atoms with E-state index in [1.807, 2.05) is 13.8 Å². The van der Waals surface area contributed by atoms with Gasteiger partial charge in [0.1, 0.15) is 0 Å². The molecule has 0 N–H and O–H groups in total. The summed E-state index contributed by atoms with van der Waals surface area (Å²) in [6.07, 6.45) is 12.2. The summed E-state index contributed by atoms with van der Waals surface area (Å²) in [6, 6.07) is 0. The summed E-state index contributed by atoms with van der Waals surface area (Å²) in [4.78, 5) is 0. The summed E-state index contributed by atoms with van der Waals surface area (Å²) >= 11 is 0. The van der Waals surface area contributed by atoms with Crippen LogP contribution in [0.4, 0.5) is 0 Å². The molecule has 1 saturated carbocycles. The number of hydrogen-bond donors (Lipinski definition) is 0. The van der Waals surface area contributed by atoms with E-state index in [-0.39, 0.29) is 14.0 Å². The Morgan fingerprint density at radius 2 is 0.550 bits per heavy atom. The smallest absolute Gasteiger partial charge is 0.154 e. The van der Waals surface area contributed by atoms with Crippen molar-refractivity contribution in [1.82, 2.24) is 0 Å². The van der Waals surface area contributed by atoms with Gasteiger partial charge in [0.05, 0.1) is 38.6 Å². The predicted octanol–water partition coefficient (Wildman–Crippen LogP) is 8.75. The first-order chi connectivity index (χ1) is 18.9. The normalized spacial score (nSPS) is 39.8. The lowest BCUT2D eigenvalue weighted by atomic mass is 9.84. The second kappa shape index (κ2) is 22.3. The molecule has 5 fully saturated rings. The minimum Gasteiger partial charge on any atom is -0.378 e. The summed E-state index contributed by atoms with van der Waals surface area (Å²) in [5.41, 5.74) is 0. The van der Waals surface area contributed by atoms with Crippen molar-refractivity contribution in [2.75, 3.05) is 39.6 Å². The van der Waals surface area contributed by atoms with Crippen LogP contribution in [-0.4, -0.2) is 64.4 Å². The highest BCUT2D eigenvalue weighted by molar-refractivity contribution is 4.66. The first kappa shape index (κ1) is 37.8. The average molecular weight is 575 g/mol. The lowest BCUT2D eigenvalue weighted by Crippen LogP contribution is -2.27. The van der Waals surface area contributed by atoms with E-state index in [1.54, 1.807) is 0 Å². The molecule has 0 spiro atoms. The van der Waals surface area contributed by atoms with Gasteiger partial charge in [-0.15, -0.1) is 0 Å². The SMILES string of the molecule is CC1CCC(C)CC1.CC1CCC(C)OC1.CC1CCC(C)OC1.CC1COC(C)OC1.CC1COC(C)OC1.[HH]. The van der Waals surface area contributed by atoms with Gasteiger partial charge in [0.25, 0.3) is 0 Å². The van der Waals surface area contributed by atoms with Gasteiger partial charge >= 0.3 is 0 Å². The Hall–Kier alpha value is -0.240. The van der Waals surface area contributed by atoms with Crippen LogP contribution in [0.5, 0.6) is 0 Å². The molecule has 4 heterocycles. The van der Waals surface area contributed by atoms with E-state index in [2.05, 4.69) is 55.4 Å². The fourth-order valence-electron chi connectivity index (χ4n) is 4.85.